The molecule has 1 rings (SSSR count). The summed E-state index contributed by atoms with van der Waals surface area (Å²) < 4.78 is 38.4. The van der Waals surface area contributed by atoms with Crippen molar-refractivity contribution in [2.24, 2.45) is 5.92 Å². The zero-order chi connectivity index (χ0) is 18.1. The fraction of sp³-hybridized carbons (Fsp3) is 0.833. The molecule has 1 fully saturated rings. The van der Waals surface area contributed by atoms with E-state index in [4.69, 9.17) is 31.4 Å². The van der Waals surface area contributed by atoms with Gasteiger partial charge in [0.05, 0.1) is 25.7 Å². The lowest BCUT2D eigenvalue weighted by atomic mass is 9.84. The highest BCUT2D eigenvalue weighted by Gasteiger charge is 2.45. The van der Waals surface area contributed by atoms with E-state index in [-0.39, 0.29) is 6.42 Å². The van der Waals surface area contributed by atoms with Gasteiger partial charge < -0.3 is 19.4 Å². The molecule has 0 aliphatic heterocycles. The molecule has 0 aromatic heterocycles. The molecule has 0 bridgehead atoms. The standard InChI is InChI=1S/C12H23BO8P2/c1-12(2,3)21-23(17,18)20-11-9(13)7-8(10(11)19-4)5-6-22(14,15)16/h5-6,8-11H,7H2,1-4H3,(H,17,18)(H2,14,15,16)/b6-5+/t8-,9+,10+,11-/m0/s1. The van der Waals surface area contributed by atoms with Gasteiger partial charge in [0.1, 0.15) is 0 Å². The monoisotopic (exact) mass is 368 g/mol. The van der Waals surface area contributed by atoms with E-state index in [1.54, 1.807) is 20.8 Å². The van der Waals surface area contributed by atoms with E-state index >= 15 is 0 Å². The fourth-order valence-corrected chi connectivity index (χ4v) is 4.21. The first-order valence-corrected chi connectivity index (χ1v) is 10.2. The van der Waals surface area contributed by atoms with Crippen molar-refractivity contribution >= 4 is 23.3 Å². The molecule has 0 aromatic rings. The molecular formula is C12H23BO8P2. The van der Waals surface area contributed by atoms with E-state index in [0.29, 0.717) is 0 Å². The predicted octanol–water partition coefficient (Wildman–Crippen LogP) is 1.97. The highest BCUT2D eigenvalue weighted by Crippen LogP contribution is 2.53. The van der Waals surface area contributed by atoms with Gasteiger partial charge in [-0.05, 0) is 33.0 Å². The average molecular weight is 368 g/mol. The third-order valence-corrected chi connectivity index (χ3v) is 5.00. The predicted molar refractivity (Wildman–Crippen MR) is 85.1 cm³/mol. The molecule has 23 heavy (non-hydrogen) atoms. The van der Waals surface area contributed by atoms with E-state index in [1.165, 1.54) is 13.2 Å². The molecule has 0 heterocycles. The Morgan fingerprint density at radius 3 is 2.17 bits per heavy atom. The van der Waals surface area contributed by atoms with Crippen LogP contribution in [-0.2, 0) is 22.9 Å². The maximum Gasteiger partial charge on any atom is 0.473 e. The van der Waals surface area contributed by atoms with Gasteiger partial charge in [-0.1, -0.05) is 6.08 Å². The molecule has 1 aliphatic rings. The number of ether oxygens (including phenoxy) is 1. The number of rotatable bonds is 6. The Hall–Kier alpha value is 0.0249. The summed E-state index contributed by atoms with van der Waals surface area (Å²) in [6.45, 7) is 4.81. The largest absolute Gasteiger partial charge is 0.473 e. The van der Waals surface area contributed by atoms with Gasteiger partial charge in [0.2, 0.25) is 0 Å². The van der Waals surface area contributed by atoms with E-state index in [9.17, 15) is 14.0 Å². The first kappa shape index (κ1) is 21.1. The summed E-state index contributed by atoms with van der Waals surface area (Å²) in [7, 11) is -1.39. The second-order valence-corrected chi connectivity index (χ2v) is 9.24. The Balaban J connectivity index is 2.89. The molecule has 1 aliphatic carbocycles. The minimum atomic E-state index is -4.37. The van der Waals surface area contributed by atoms with Crippen LogP contribution in [-0.4, -0.2) is 47.4 Å². The van der Waals surface area contributed by atoms with Crippen molar-refractivity contribution in [2.45, 2.75) is 50.8 Å². The molecule has 5 atom stereocenters. The number of methoxy groups -OCH3 is 1. The highest BCUT2D eigenvalue weighted by molar-refractivity contribution is 7.55. The van der Waals surface area contributed by atoms with E-state index in [0.717, 1.165) is 5.82 Å². The number of hydrogen-bond donors (Lipinski definition) is 3. The van der Waals surface area contributed by atoms with Crippen LogP contribution in [0.25, 0.3) is 0 Å². The Labute approximate surface area is 137 Å². The van der Waals surface area contributed by atoms with Crippen LogP contribution in [0.2, 0.25) is 5.82 Å². The molecule has 1 unspecified atom stereocenters. The van der Waals surface area contributed by atoms with Crippen molar-refractivity contribution in [1.29, 1.82) is 0 Å². The molecular weight excluding hydrogens is 345 g/mol. The first-order valence-electron chi connectivity index (χ1n) is 6.99. The summed E-state index contributed by atoms with van der Waals surface area (Å²) in [6, 6.07) is 0. The van der Waals surface area contributed by atoms with Crippen LogP contribution < -0.4 is 0 Å². The molecule has 3 N–H and O–H groups in total. The molecule has 132 valence electrons. The van der Waals surface area contributed by atoms with Gasteiger partial charge in [-0.15, -0.1) is 0 Å². The summed E-state index contributed by atoms with van der Waals surface area (Å²) in [6.07, 6.45) is -0.0817. The number of phosphoric ester groups is 1. The van der Waals surface area contributed by atoms with Crippen LogP contribution in [0.15, 0.2) is 11.9 Å². The smallest absolute Gasteiger partial charge is 0.378 e. The summed E-state index contributed by atoms with van der Waals surface area (Å²) in [5, 5.41) is 0. The Kier molecular flexibility index (Phi) is 6.87. The van der Waals surface area contributed by atoms with Gasteiger partial charge in [0.25, 0.3) is 0 Å². The lowest BCUT2D eigenvalue weighted by molar-refractivity contribution is -0.0215. The minimum Gasteiger partial charge on any atom is -0.378 e. The summed E-state index contributed by atoms with van der Waals surface area (Å²) in [4.78, 5) is 27.6. The Bertz CT molecular complexity index is 526. The lowest BCUT2D eigenvalue weighted by Gasteiger charge is -2.29. The van der Waals surface area contributed by atoms with Crippen LogP contribution in [0, 0.1) is 5.92 Å². The van der Waals surface area contributed by atoms with Gasteiger partial charge >= 0.3 is 15.4 Å². The van der Waals surface area contributed by atoms with Gasteiger partial charge in [-0.25, -0.2) is 4.57 Å². The van der Waals surface area contributed by atoms with E-state index in [2.05, 4.69) is 0 Å². The minimum absolute atomic E-state index is 0.287. The molecule has 0 saturated heterocycles. The van der Waals surface area contributed by atoms with Crippen molar-refractivity contribution < 1.29 is 37.6 Å². The highest BCUT2D eigenvalue weighted by atomic mass is 31.2. The van der Waals surface area contributed by atoms with Crippen molar-refractivity contribution in [2.75, 3.05) is 7.11 Å². The summed E-state index contributed by atoms with van der Waals surface area (Å²) in [5.41, 5.74) is -0.894. The zero-order valence-electron chi connectivity index (χ0n) is 13.5. The summed E-state index contributed by atoms with van der Waals surface area (Å²) >= 11 is 0. The van der Waals surface area contributed by atoms with Crippen molar-refractivity contribution in [1.82, 2.24) is 0 Å². The third-order valence-electron chi connectivity index (χ3n) is 3.16. The maximum atomic E-state index is 12.1. The summed E-state index contributed by atoms with van der Waals surface area (Å²) in [5.74, 6) is -0.333. The maximum absolute atomic E-state index is 12.1. The first-order chi connectivity index (χ1) is 10.2. The van der Waals surface area contributed by atoms with E-state index < -0.39 is 45.0 Å². The van der Waals surface area contributed by atoms with Crippen LogP contribution in [0.4, 0.5) is 0 Å². The van der Waals surface area contributed by atoms with E-state index in [1.807, 2.05) is 0 Å². The topological polar surface area (TPSA) is 123 Å². The van der Waals surface area contributed by atoms with Crippen LogP contribution in [0.1, 0.15) is 27.2 Å². The molecule has 0 aromatic carbocycles. The van der Waals surface area contributed by atoms with Gasteiger partial charge in [0.15, 0.2) is 0 Å². The van der Waals surface area contributed by atoms with Crippen LogP contribution in [0.3, 0.4) is 0 Å². The Morgan fingerprint density at radius 1 is 1.17 bits per heavy atom. The SMILES string of the molecule is [B][C@@H]1C[C@H](/C=C/P(=O)(O)O)[C@@H](OC)[C@H]1OP(=O)(O)OC(C)(C)C. The van der Waals surface area contributed by atoms with Gasteiger partial charge in [-0.3, -0.25) is 13.6 Å². The van der Waals surface area contributed by atoms with Crippen LogP contribution in [0.5, 0.6) is 0 Å². The van der Waals surface area contributed by atoms with Gasteiger partial charge in [0, 0.05) is 18.8 Å². The molecule has 11 heteroatoms. The molecule has 1 saturated carbocycles. The fourth-order valence-electron chi connectivity index (χ4n) is 2.45. The lowest BCUT2D eigenvalue weighted by Crippen LogP contribution is -2.31. The van der Waals surface area contributed by atoms with Crippen molar-refractivity contribution in [3.8, 4) is 0 Å². The number of hydrogen-bond acceptors (Lipinski definition) is 5. The molecule has 0 spiro atoms. The quantitative estimate of drug-likeness (QED) is 0.481. The van der Waals surface area contributed by atoms with Crippen molar-refractivity contribution in [3.05, 3.63) is 11.9 Å². The molecule has 0 amide bonds. The Morgan fingerprint density at radius 2 is 1.74 bits per heavy atom. The van der Waals surface area contributed by atoms with Gasteiger partial charge in [-0.2, -0.15) is 0 Å². The number of phosphoric acid groups is 1. The normalized spacial score (nSPS) is 32.3. The second-order valence-electron chi connectivity index (χ2n) is 6.44. The molecule has 2 radical (unpaired) electrons. The zero-order valence-corrected chi connectivity index (χ0v) is 15.3. The molecule has 8 nitrogen and oxygen atoms in total. The second kappa shape index (κ2) is 7.50. The average Bonchev–Trinajstić information content (AvgIpc) is 2.58. The van der Waals surface area contributed by atoms with Crippen LogP contribution >= 0.6 is 15.4 Å². The van der Waals surface area contributed by atoms with Crippen molar-refractivity contribution in [3.63, 3.8) is 0 Å². The third kappa shape index (κ3) is 7.20.